The second-order valence-corrected chi connectivity index (χ2v) is 9.13. The summed E-state index contributed by atoms with van der Waals surface area (Å²) >= 11 is 0. The number of nitrogens with one attached hydrogen (secondary N) is 1. The molecule has 144 valence electrons. The Kier molecular flexibility index (Phi) is 4.62. The Labute approximate surface area is 160 Å². The molecule has 1 aromatic carbocycles. The number of aromatic nitrogens is 1. The monoisotopic (exact) mass is 368 g/mol. The smallest absolute Gasteiger partial charge is 0.291 e. The van der Waals surface area contributed by atoms with Crippen molar-refractivity contribution in [3.63, 3.8) is 0 Å². The lowest BCUT2D eigenvalue weighted by molar-refractivity contribution is -0.123. The molecule has 2 aromatic rings. The topological polar surface area (TPSA) is 66.7 Å². The number of carbonyl (C=O) groups is 2. The van der Waals surface area contributed by atoms with Gasteiger partial charge in [0.1, 0.15) is 12.2 Å². The summed E-state index contributed by atoms with van der Waals surface area (Å²) in [5.74, 6) is -0.480. The molecule has 6 heteroatoms. The first-order chi connectivity index (χ1) is 12.5. The van der Waals surface area contributed by atoms with Crippen LogP contribution < -0.4 is 5.32 Å². The molecule has 1 aliphatic rings. The van der Waals surface area contributed by atoms with Gasteiger partial charge in [0.2, 0.25) is 5.91 Å². The number of hydrogen-bond acceptors (Lipinski definition) is 3. The van der Waals surface area contributed by atoms with Gasteiger partial charge in [0.15, 0.2) is 0 Å². The molecule has 2 amide bonds. The van der Waals surface area contributed by atoms with E-state index in [1.165, 1.54) is 5.01 Å². The first-order valence-electron chi connectivity index (χ1n) is 9.25. The molecule has 2 heterocycles. The normalized spacial score (nSPS) is 15.4. The zero-order chi connectivity index (χ0) is 20.0. The number of benzene rings is 1. The maximum absolute atomic E-state index is 13.2. The van der Waals surface area contributed by atoms with Crippen LogP contribution in [-0.4, -0.2) is 39.2 Å². The van der Waals surface area contributed by atoms with Crippen molar-refractivity contribution in [2.45, 2.75) is 53.6 Å². The largest absolute Gasteiger partial charge is 0.350 e. The molecule has 27 heavy (non-hydrogen) atoms. The quantitative estimate of drug-likeness (QED) is 0.883. The van der Waals surface area contributed by atoms with Gasteiger partial charge in [0.05, 0.1) is 12.3 Å². The standard InChI is InChI=1S/C21H28N4O2/c1-20(2,3)17-12-24-15-10-8-7-9-14(15)11-16(24)19(27)25(23-17)13-18(26)22-21(4,5)6/h7-11H,12-13H2,1-6H3,(H,22,26). The van der Waals surface area contributed by atoms with Gasteiger partial charge in [-0.25, -0.2) is 5.01 Å². The Morgan fingerprint density at radius 2 is 1.81 bits per heavy atom. The Morgan fingerprint density at radius 3 is 2.44 bits per heavy atom. The van der Waals surface area contributed by atoms with Crippen molar-refractivity contribution < 1.29 is 9.59 Å². The van der Waals surface area contributed by atoms with Crippen LogP contribution in [0.1, 0.15) is 52.0 Å². The number of amides is 2. The van der Waals surface area contributed by atoms with Gasteiger partial charge in [-0.2, -0.15) is 5.10 Å². The molecule has 6 nitrogen and oxygen atoms in total. The molecule has 0 saturated heterocycles. The first-order valence-corrected chi connectivity index (χ1v) is 9.25. The minimum absolute atomic E-state index is 0.1000. The average Bonchev–Trinajstić information content (AvgIpc) is 2.82. The summed E-state index contributed by atoms with van der Waals surface area (Å²) in [6, 6.07) is 9.81. The lowest BCUT2D eigenvalue weighted by Crippen LogP contribution is -2.46. The Balaban J connectivity index is 2.05. The summed E-state index contributed by atoms with van der Waals surface area (Å²) in [7, 11) is 0. The van der Waals surface area contributed by atoms with Crippen molar-refractivity contribution in [3.05, 3.63) is 36.0 Å². The lowest BCUT2D eigenvalue weighted by Gasteiger charge is -2.25. The number of carbonyl (C=O) groups excluding carboxylic acids is 2. The summed E-state index contributed by atoms with van der Waals surface area (Å²) in [5.41, 5.74) is 1.82. The van der Waals surface area contributed by atoms with Crippen LogP contribution in [0.15, 0.2) is 35.4 Å². The molecule has 1 aliphatic heterocycles. The summed E-state index contributed by atoms with van der Waals surface area (Å²) in [6.45, 7) is 12.4. The van der Waals surface area contributed by atoms with Crippen molar-refractivity contribution in [2.24, 2.45) is 10.5 Å². The molecule has 3 rings (SSSR count). The number of rotatable bonds is 2. The molecular weight excluding hydrogens is 340 g/mol. The molecule has 0 saturated carbocycles. The van der Waals surface area contributed by atoms with E-state index in [-0.39, 0.29) is 29.3 Å². The van der Waals surface area contributed by atoms with Gasteiger partial charge in [-0.05, 0) is 32.9 Å². The lowest BCUT2D eigenvalue weighted by atomic mass is 9.90. The van der Waals surface area contributed by atoms with Crippen molar-refractivity contribution in [2.75, 3.05) is 6.54 Å². The Bertz CT molecular complexity index is 926. The number of para-hydroxylation sites is 1. The van der Waals surface area contributed by atoms with E-state index >= 15 is 0 Å². The zero-order valence-electron chi connectivity index (χ0n) is 17.0. The van der Waals surface area contributed by atoms with Crippen LogP contribution in [0.2, 0.25) is 0 Å². The summed E-state index contributed by atoms with van der Waals surface area (Å²) in [5, 5.41) is 9.83. The van der Waals surface area contributed by atoms with Crippen LogP contribution in [0.5, 0.6) is 0 Å². The van der Waals surface area contributed by atoms with Gasteiger partial charge in [-0.15, -0.1) is 0 Å². The Hall–Kier alpha value is -2.63. The fourth-order valence-electron chi connectivity index (χ4n) is 3.15. The van der Waals surface area contributed by atoms with E-state index in [9.17, 15) is 9.59 Å². The number of hydrogen-bond donors (Lipinski definition) is 1. The van der Waals surface area contributed by atoms with Gasteiger partial charge in [0.25, 0.3) is 5.91 Å². The summed E-state index contributed by atoms with van der Waals surface area (Å²) in [6.07, 6.45) is 0. The minimum Gasteiger partial charge on any atom is -0.350 e. The SMILES string of the molecule is CC(C)(C)NC(=O)CN1N=C(C(C)(C)C)Cn2c(cc3ccccc32)C1=O. The highest BCUT2D eigenvalue weighted by atomic mass is 16.2. The third-order valence-corrected chi connectivity index (χ3v) is 4.49. The molecule has 1 N–H and O–H groups in total. The predicted octanol–water partition coefficient (Wildman–Crippen LogP) is 3.41. The van der Waals surface area contributed by atoms with E-state index in [0.717, 1.165) is 16.6 Å². The number of hydrazone groups is 1. The van der Waals surface area contributed by atoms with Crippen LogP contribution in [0.25, 0.3) is 10.9 Å². The second-order valence-electron chi connectivity index (χ2n) is 9.13. The minimum atomic E-state index is -0.364. The number of fused-ring (bicyclic) bond motifs is 3. The predicted molar refractivity (Wildman–Crippen MR) is 108 cm³/mol. The molecule has 0 aliphatic carbocycles. The molecule has 0 atom stereocenters. The van der Waals surface area contributed by atoms with Crippen LogP contribution in [0.4, 0.5) is 0 Å². The summed E-state index contributed by atoms with van der Waals surface area (Å²) < 4.78 is 2.00. The van der Waals surface area contributed by atoms with Crippen LogP contribution in [-0.2, 0) is 11.3 Å². The molecule has 0 spiro atoms. The highest BCUT2D eigenvalue weighted by Gasteiger charge is 2.31. The van der Waals surface area contributed by atoms with Gasteiger partial charge in [-0.3, -0.25) is 9.59 Å². The van der Waals surface area contributed by atoms with E-state index in [2.05, 4.69) is 31.2 Å². The van der Waals surface area contributed by atoms with E-state index in [4.69, 9.17) is 0 Å². The maximum Gasteiger partial charge on any atom is 0.291 e. The fourth-order valence-corrected chi connectivity index (χ4v) is 3.15. The van der Waals surface area contributed by atoms with Crippen LogP contribution >= 0.6 is 0 Å². The highest BCUT2D eigenvalue weighted by molar-refractivity contribution is 6.03. The summed E-state index contributed by atoms with van der Waals surface area (Å²) in [4.78, 5) is 25.6. The van der Waals surface area contributed by atoms with Gasteiger partial charge in [-0.1, -0.05) is 39.0 Å². The zero-order valence-corrected chi connectivity index (χ0v) is 17.0. The van der Waals surface area contributed by atoms with Crippen molar-refractivity contribution in [3.8, 4) is 0 Å². The van der Waals surface area contributed by atoms with Crippen LogP contribution in [0, 0.1) is 5.41 Å². The first kappa shape index (κ1) is 19.1. The second kappa shape index (κ2) is 6.51. The molecular formula is C21H28N4O2. The van der Waals surface area contributed by atoms with E-state index < -0.39 is 0 Å². The van der Waals surface area contributed by atoms with E-state index in [0.29, 0.717) is 12.2 Å². The molecule has 1 aromatic heterocycles. The van der Waals surface area contributed by atoms with Crippen LogP contribution in [0.3, 0.4) is 0 Å². The third kappa shape index (κ3) is 4.04. The van der Waals surface area contributed by atoms with Gasteiger partial charge < -0.3 is 9.88 Å². The van der Waals surface area contributed by atoms with Gasteiger partial charge >= 0.3 is 0 Å². The third-order valence-electron chi connectivity index (χ3n) is 4.49. The van der Waals surface area contributed by atoms with Gasteiger partial charge in [0, 0.05) is 21.9 Å². The van der Waals surface area contributed by atoms with E-state index in [1.54, 1.807) is 0 Å². The van der Waals surface area contributed by atoms with Crippen molar-refractivity contribution in [1.29, 1.82) is 0 Å². The van der Waals surface area contributed by atoms with Crippen molar-refractivity contribution >= 4 is 28.4 Å². The molecule has 0 bridgehead atoms. The number of nitrogens with zero attached hydrogens (tertiary/aromatic N) is 3. The fraction of sp³-hybridized carbons (Fsp3) is 0.476. The molecule has 0 radical (unpaired) electrons. The maximum atomic E-state index is 13.2. The molecule has 0 unspecified atom stereocenters. The van der Waals surface area contributed by atoms with E-state index in [1.807, 2.05) is 55.7 Å². The highest BCUT2D eigenvalue weighted by Crippen LogP contribution is 2.27. The molecule has 0 fully saturated rings. The Morgan fingerprint density at radius 1 is 1.15 bits per heavy atom. The van der Waals surface area contributed by atoms with Crippen molar-refractivity contribution in [1.82, 2.24) is 14.9 Å². The average molecular weight is 368 g/mol.